The third kappa shape index (κ3) is 0.581. The zero-order valence-electron chi connectivity index (χ0n) is 4.65. The second-order valence-corrected chi connectivity index (χ2v) is 1.55. The Kier molecular flexibility index (Phi) is 0.855. The summed E-state index contributed by atoms with van der Waals surface area (Å²) in [6.45, 7) is 0. The lowest BCUT2D eigenvalue weighted by atomic mass is 10.7. The highest BCUT2D eigenvalue weighted by Crippen LogP contribution is 2.00. The predicted octanol–water partition coefficient (Wildman–Crippen LogP) is -3.24. The molecule has 0 radical (unpaired) electrons. The molecule has 0 saturated carbocycles. The molecule has 50 valence electrons. The second kappa shape index (κ2) is 1.41. The number of anilines is 2. The Balaban J connectivity index is 3.29. The Labute approximate surface area is 50.7 Å². The Morgan fingerprint density at radius 2 is 2.00 bits per heavy atom. The normalized spacial score (nSPS) is 9.78. The molecular formula is C2H8N7+. The van der Waals surface area contributed by atoms with Gasteiger partial charge in [-0.05, 0) is 4.79 Å². The highest BCUT2D eigenvalue weighted by molar-refractivity contribution is 5.47. The Bertz CT molecular complexity index is 201. The highest BCUT2D eigenvalue weighted by Gasteiger charge is 2.13. The van der Waals surface area contributed by atoms with Gasteiger partial charge >= 0.3 is 5.82 Å². The van der Waals surface area contributed by atoms with Gasteiger partial charge in [-0.15, -0.1) is 0 Å². The minimum Gasteiger partial charge on any atom is -0.364 e. The van der Waals surface area contributed by atoms with Gasteiger partial charge in [0.1, 0.15) is 0 Å². The summed E-state index contributed by atoms with van der Waals surface area (Å²) in [5.74, 6) is 10.6. The molecule has 0 unspecified atom stereocenters. The fourth-order valence-electron chi connectivity index (χ4n) is 0.435. The number of nitrogens with zero attached hydrogens (tertiary/aromatic N) is 3. The molecule has 8 N–H and O–H groups in total. The maximum absolute atomic E-state index is 5.25. The van der Waals surface area contributed by atoms with Gasteiger partial charge in [-0.25, -0.2) is 0 Å². The molecule has 0 bridgehead atoms. The lowest BCUT2D eigenvalue weighted by Gasteiger charge is -1.80. The molecule has 0 atom stereocenters. The maximum Gasteiger partial charge on any atom is 0.323 e. The van der Waals surface area contributed by atoms with E-state index in [2.05, 4.69) is 5.21 Å². The van der Waals surface area contributed by atoms with Crippen LogP contribution in [0.3, 0.4) is 0 Å². The highest BCUT2D eigenvalue weighted by atomic mass is 15.7. The van der Waals surface area contributed by atoms with Crippen molar-refractivity contribution < 1.29 is 4.79 Å². The van der Waals surface area contributed by atoms with Gasteiger partial charge in [-0.3, -0.25) is 11.7 Å². The van der Waals surface area contributed by atoms with Gasteiger partial charge in [0, 0.05) is 0 Å². The molecule has 0 fully saturated rings. The number of aromatic nitrogens is 3. The van der Waals surface area contributed by atoms with Crippen molar-refractivity contribution in [2.75, 3.05) is 23.2 Å². The van der Waals surface area contributed by atoms with Crippen LogP contribution in [0.15, 0.2) is 0 Å². The van der Waals surface area contributed by atoms with E-state index in [4.69, 9.17) is 23.2 Å². The van der Waals surface area contributed by atoms with Crippen LogP contribution in [0.25, 0.3) is 0 Å². The zero-order valence-corrected chi connectivity index (χ0v) is 4.65. The molecule has 0 spiro atoms. The van der Waals surface area contributed by atoms with E-state index in [0.29, 0.717) is 0 Å². The first kappa shape index (κ1) is 5.48. The predicted molar refractivity (Wildman–Crippen MR) is 31.5 cm³/mol. The molecule has 0 saturated heterocycles. The lowest BCUT2D eigenvalue weighted by molar-refractivity contribution is -0.687. The lowest BCUT2D eigenvalue weighted by Crippen LogP contribution is -2.49. The molecule has 0 aliphatic carbocycles. The third-order valence-electron chi connectivity index (χ3n) is 0.949. The fourth-order valence-corrected chi connectivity index (χ4v) is 0.435. The summed E-state index contributed by atoms with van der Waals surface area (Å²) in [6, 6.07) is 0. The van der Waals surface area contributed by atoms with Crippen molar-refractivity contribution in [3.63, 3.8) is 0 Å². The van der Waals surface area contributed by atoms with E-state index in [-0.39, 0.29) is 11.6 Å². The molecule has 0 aliphatic heterocycles. The number of hydrogen-bond acceptors (Lipinski definition) is 5. The van der Waals surface area contributed by atoms with Crippen molar-refractivity contribution in [3.8, 4) is 0 Å². The maximum atomic E-state index is 5.25. The summed E-state index contributed by atoms with van der Waals surface area (Å²) in [6.07, 6.45) is 0. The van der Waals surface area contributed by atoms with E-state index in [1.165, 1.54) is 0 Å². The van der Waals surface area contributed by atoms with Gasteiger partial charge in [0.25, 0.3) is 5.82 Å². The number of rotatable bonds is 0. The summed E-state index contributed by atoms with van der Waals surface area (Å²) >= 11 is 0. The van der Waals surface area contributed by atoms with E-state index >= 15 is 0 Å². The van der Waals surface area contributed by atoms with E-state index in [1.54, 1.807) is 0 Å². The van der Waals surface area contributed by atoms with E-state index < -0.39 is 0 Å². The van der Waals surface area contributed by atoms with Crippen LogP contribution in [0, 0.1) is 0 Å². The summed E-state index contributed by atoms with van der Waals surface area (Å²) in [5, 5.41) is 3.45. The average Bonchev–Trinajstić information content (AvgIpc) is 1.98. The van der Waals surface area contributed by atoms with Gasteiger partial charge in [-0.1, -0.05) is 4.79 Å². The summed E-state index contributed by atoms with van der Waals surface area (Å²) in [4.78, 5) is 1.80. The largest absolute Gasteiger partial charge is 0.364 e. The van der Waals surface area contributed by atoms with E-state index in [9.17, 15) is 0 Å². The Morgan fingerprint density at radius 3 is 2.11 bits per heavy atom. The first-order valence-corrected chi connectivity index (χ1v) is 2.19. The summed E-state index contributed by atoms with van der Waals surface area (Å²) in [5.41, 5.74) is 10.5. The molecule has 1 heterocycles. The van der Waals surface area contributed by atoms with Crippen LogP contribution in [-0.2, 0) is 0 Å². The Hall–Kier alpha value is -1.66. The summed E-state index contributed by atoms with van der Waals surface area (Å²) in [7, 11) is 0. The zero-order chi connectivity index (χ0) is 7.02. The van der Waals surface area contributed by atoms with Crippen molar-refractivity contribution in [1.29, 1.82) is 0 Å². The van der Waals surface area contributed by atoms with Crippen molar-refractivity contribution >= 4 is 11.6 Å². The van der Waals surface area contributed by atoms with Crippen molar-refractivity contribution in [3.05, 3.63) is 0 Å². The van der Waals surface area contributed by atoms with Gasteiger partial charge < -0.3 is 11.5 Å². The molecular weight excluding hydrogens is 122 g/mol. The molecule has 0 amide bonds. The summed E-state index contributed by atoms with van der Waals surface area (Å²) < 4.78 is 0. The number of hydrogen-bond donors (Lipinski definition) is 4. The van der Waals surface area contributed by atoms with Gasteiger partial charge in [0.15, 0.2) is 0 Å². The van der Waals surface area contributed by atoms with Crippen LogP contribution in [0.2, 0.25) is 0 Å². The minimum absolute atomic E-state index is 0.150. The molecule has 1 aromatic rings. The molecule has 0 aliphatic rings. The topological polar surface area (TPSA) is 126 Å². The number of nitrogen functional groups attached to an aromatic ring is 4. The smallest absolute Gasteiger partial charge is 0.323 e. The van der Waals surface area contributed by atoms with Gasteiger partial charge in [0.2, 0.25) is 0 Å². The van der Waals surface area contributed by atoms with Crippen LogP contribution >= 0.6 is 0 Å². The standard InChI is InChI=1S/C2H7N7/c3-1-2(4)9(6)7-8(1)5/h3-4,7H,5-6H2/p+1. The monoisotopic (exact) mass is 130 g/mol. The average molecular weight is 130 g/mol. The van der Waals surface area contributed by atoms with E-state index in [1.807, 2.05) is 0 Å². The second-order valence-electron chi connectivity index (χ2n) is 1.55. The Morgan fingerprint density at radius 1 is 1.44 bits per heavy atom. The van der Waals surface area contributed by atoms with Crippen LogP contribution in [0.4, 0.5) is 11.6 Å². The SMILES string of the molecule is Nc1c(N)[n+](N)nn1N. The quantitative estimate of drug-likeness (QED) is 0.217. The molecule has 0 aromatic carbocycles. The van der Waals surface area contributed by atoms with E-state index in [0.717, 1.165) is 9.58 Å². The first-order chi connectivity index (χ1) is 4.13. The van der Waals surface area contributed by atoms with Crippen LogP contribution in [-0.4, -0.2) is 10.0 Å². The van der Waals surface area contributed by atoms with Crippen LogP contribution < -0.4 is 27.9 Å². The molecule has 7 heteroatoms. The van der Waals surface area contributed by atoms with Crippen LogP contribution in [0.1, 0.15) is 0 Å². The number of nitrogens with two attached hydrogens (primary N) is 4. The fraction of sp³-hybridized carbons (Fsp3) is 0. The van der Waals surface area contributed by atoms with Gasteiger partial charge in [0.05, 0.1) is 5.21 Å². The third-order valence-corrected chi connectivity index (χ3v) is 0.949. The van der Waals surface area contributed by atoms with Crippen LogP contribution in [0.5, 0.6) is 0 Å². The van der Waals surface area contributed by atoms with Crippen molar-refractivity contribution in [2.24, 2.45) is 0 Å². The molecule has 7 nitrogen and oxygen atoms in total. The first-order valence-electron chi connectivity index (χ1n) is 2.19. The molecule has 9 heavy (non-hydrogen) atoms. The van der Waals surface area contributed by atoms with Crippen molar-refractivity contribution in [1.82, 2.24) is 10.0 Å². The molecule has 1 aromatic heterocycles. The van der Waals surface area contributed by atoms with Crippen molar-refractivity contribution in [2.45, 2.75) is 0 Å². The molecule has 1 rings (SSSR count). The van der Waals surface area contributed by atoms with Gasteiger partial charge in [-0.2, -0.15) is 0 Å². The minimum atomic E-state index is 0.150.